The van der Waals surface area contributed by atoms with E-state index >= 15 is 0 Å². The molecule has 0 aliphatic heterocycles. The van der Waals surface area contributed by atoms with Crippen LogP contribution in [0.5, 0.6) is 0 Å². The summed E-state index contributed by atoms with van der Waals surface area (Å²) in [6, 6.07) is -0.529. The first-order valence-electron chi connectivity index (χ1n) is 5.68. The second kappa shape index (κ2) is 9.57. The first-order chi connectivity index (χ1) is 8.13. The summed E-state index contributed by atoms with van der Waals surface area (Å²) in [5.74, 6) is -0.555. The number of allylic oxidation sites excluding steroid dienone is 1. The molecule has 0 aromatic rings. The number of carbonyl (C=O) groups is 3. The molecule has 5 heteroatoms. The van der Waals surface area contributed by atoms with Crippen molar-refractivity contribution in [3.63, 3.8) is 0 Å². The summed E-state index contributed by atoms with van der Waals surface area (Å²) in [7, 11) is 0. The van der Waals surface area contributed by atoms with E-state index < -0.39 is 6.04 Å². The zero-order chi connectivity index (χ0) is 13.1. The predicted octanol–water partition coefficient (Wildman–Crippen LogP) is 0.980. The first-order valence-corrected chi connectivity index (χ1v) is 5.68. The van der Waals surface area contributed by atoms with Gasteiger partial charge < -0.3 is 14.8 Å². The molecule has 17 heavy (non-hydrogen) atoms. The van der Waals surface area contributed by atoms with E-state index in [1.165, 1.54) is 6.08 Å². The molecule has 0 rings (SSSR count). The van der Waals surface area contributed by atoms with Gasteiger partial charge in [-0.05, 0) is 25.8 Å². The molecule has 1 N–H and O–H groups in total. The lowest BCUT2D eigenvalue weighted by Crippen LogP contribution is -2.35. The Morgan fingerprint density at radius 2 is 2.12 bits per heavy atom. The SMILES string of the molecule is CC=CC(=O)NC(C=O)CCCOC(=O)CC. The number of esters is 1. The second-order valence-corrected chi connectivity index (χ2v) is 3.47. The van der Waals surface area contributed by atoms with Crippen LogP contribution in [0.15, 0.2) is 12.2 Å². The normalized spacial score (nSPS) is 12.1. The van der Waals surface area contributed by atoms with Gasteiger partial charge in [-0.15, -0.1) is 0 Å². The van der Waals surface area contributed by atoms with Crippen LogP contribution < -0.4 is 5.32 Å². The molecule has 0 aromatic heterocycles. The molecule has 0 radical (unpaired) electrons. The minimum atomic E-state index is -0.529. The molecule has 0 spiro atoms. The van der Waals surface area contributed by atoms with Gasteiger partial charge in [-0.1, -0.05) is 13.0 Å². The largest absolute Gasteiger partial charge is 0.466 e. The Labute approximate surface area is 101 Å². The molecule has 0 aliphatic carbocycles. The monoisotopic (exact) mass is 241 g/mol. The number of carbonyl (C=O) groups excluding carboxylic acids is 3. The van der Waals surface area contributed by atoms with Gasteiger partial charge >= 0.3 is 5.97 Å². The zero-order valence-corrected chi connectivity index (χ0v) is 10.3. The molecular formula is C12H19NO4. The summed E-state index contributed by atoms with van der Waals surface area (Å²) < 4.78 is 4.86. The van der Waals surface area contributed by atoms with Crippen molar-refractivity contribution in [1.82, 2.24) is 5.32 Å². The number of hydrogen-bond acceptors (Lipinski definition) is 4. The molecule has 1 unspecified atom stereocenters. The summed E-state index contributed by atoms with van der Waals surface area (Å²) in [4.78, 5) is 32.7. The summed E-state index contributed by atoms with van der Waals surface area (Å²) >= 11 is 0. The summed E-state index contributed by atoms with van der Waals surface area (Å²) in [6.07, 6.45) is 4.99. The number of hydrogen-bond donors (Lipinski definition) is 1. The lowest BCUT2D eigenvalue weighted by molar-refractivity contribution is -0.143. The summed E-state index contributed by atoms with van der Waals surface area (Å²) in [5.41, 5.74) is 0. The van der Waals surface area contributed by atoms with E-state index in [1.807, 2.05) is 0 Å². The smallest absolute Gasteiger partial charge is 0.305 e. The third-order valence-corrected chi connectivity index (χ3v) is 2.02. The molecule has 5 nitrogen and oxygen atoms in total. The maximum atomic E-state index is 11.2. The molecule has 0 aliphatic rings. The third-order valence-electron chi connectivity index (χ3n) is 2.02. The fourth-order valence-electron chi connectivity index (χ4n) is 1.15. The quantitative estimate of drug-likeness (QED) is 0.297. The molecule has 0 aromatic carbocycles. The minimum absolute atomic E-state index is 0.259. The molecule has 1 atom stereocenters. The Bertz CT molecular complexity index is 286. The lowest BCUT2D eigenvalue weighted by Gasteiger charge is -2.11. The van der Waals surface area contributed by atoms with Crippen LogP contribution in [0.3, 0.4) is 0 Å². The van der Waals surface area contributed by atoms with Crippen molar-refractivity contribution in [3.05, 3.63) is 12.2 Å². The topological polar surface area (TPSA) is 72.5 Å². The van der Waals surface area contributed by atoms with E-state index in [-0.39, 0.29) is 18.5 Å². The van der Waals surface area contributed by atoms with E-state index in [1.54, 1.807) is 19.9 Å². The van der Waals surface area contributed by atoms with Crippen LogP contribution in [0, 0.1) is 0 Å². The fourth-order valence-corrected chi connectivity index (χ4v) is 1.15. The number of rotatable bonds is 8. The van der Waals surface area contributed by atoms with Gasteiger partial charge in [0.1, 0.15) is 6.29 Å². The van der Waals surface area contributed by atoms with Crippen molar-refractivity contribution >= 4 is 18.2 Å². The van der Waals surface area contributed by atoms with Gasteiger partial charge in [-0.2, -0.15) is 0 Å². The van der Waals surface area contributed by atoms with Crippen LogP contribution in [-0.2, 0) is 19.1 Å². The average molecular weight is 241 g/mol. The molecule has 0 saturated heterocycles. The van der Waals surface area contributed by atoms with Crippen LogP contribution in [0.1, 0.15) is 33.1 Å². The number of ether oxygens (including phenoxy) is 1. The van der Waals surface area contributed by atoms with E-state index in [2.05, 4.69) is 5.32 Å². The van der Waals surface area contributed by atoms with Crippen molar-refractivity contribution in [2.24, 2.45) is 0 Å². The molecule has 0 heterocycles. The molecule has 96 valence electrons. The average Bonchev–Trinajstić information content (AvgIpc) is 2.32. The Kier molecular flexibility index (Phi) is 8.64. The van der Waals surface area contributed by atoms with E-state index in [4.69, 9.17) is 4.74 Å². The van der Waals surface area contributed by atoms with Crippen LogP contribution in [0.4, 0.5) is 0 Å². The third kappa shape index (κ3) is 8.19. The van der Waals surface area contributed by atoms with Crippen molar-refractivity contribution in [3.8, 4) is 0 Å². The van der Waals surface area contributed by atoms with Crippen LogP contribution >= 0.6 is 0 Å². The van der Waals surface area contributed by atoms with E-state index in [0.29, 0.717) is 25.5 Å². The highest BCUT2D eigenvalue weighted by molar-refractivity contribution is 5.89. The molecular weight excluding hydrogens is 222 g/mol. The van der Waals surface area contributed by atoms with Crippen molar-refractivity contribution in [2.75, 3.05) is 6.61 Å². The van der Waals surface area contributed by atoms with Crippen LogP contribution in [0.2, 0.25) is 0 Å². The van der Waals surface area contributed by atoms with Crippen molar-refractivity contribution in [1.29, 1.82) is 0 Å². The first kappa shape index (κ1) is 15.3. The number of nitrogens with one attached hydrogen (secondary N) is 1. The number of amides is 1. The van der Waals surface area contributed by atoms with Gasteiger partial charge in [0.25, 0.3) is 0 Å². The molecule has 0 bridgehead atoms. The van der Waals surface area contributed by atoms with Crippen molar-refractivity contribution < 1.29 is 19.1 Å². The summed E-state index contributed by atoms with van der Waals surface area (Å²) in [5, 5.41) is 2.54. The van der Waals surface area contributed by atoms with E-state index in [0.717, 1.165) is 0 Å². The van der Waals surface area contributed by atoms with Gasteiger partial charge in [-0.25, -0.2) is 0 Å². The predicted molar refractivity (Wildman–Crippen MR) is 63.3 cm³/mol. The standard InChI is InChI=1S/C12H19NO4/c1-3-6-11(15)13-10(9-14)7-5-8-17-12(16)4-2/h3,6,9-10H,4-5,7-8H2,1-2H3,(H,13,15). The van der Waals surface area contributed by atoms with Gasteiger partial charge in [0.15, 0.2) is 0 Å². The minimum Gasteiger partial charge on any atom is -0.466 e. The summed E-state index contributed by atoms with van der Waals surface area (Å²) in [6.45, 7) is 3.71. The number of aldehydes is 1. The Morgan fingerprint density at radius 3 is 2.65 bits per heavy atom. The van der Waals surface area contributed by atoms with Gasteiger partial charge in [0.2, 0.25) is 5.91 Å². The maximum Gasteiger partial charge on any atom is 0.305 e. The van der Waals surface area contributed by atoms with Gasteiger partial charge in [0.05, 0.1) is 12.6 Å². The van der Waals surface area contributed by atoms with Gasteiger partial charge in [-0.3, -0.25) is 9.59 Å². The molecule has 1 amide bonds. The van der Waals surface area contributed by atoms with E-state index in [9.17, 15) is 14.4 Å². The Balaban J connectivity index is 3.79. The Hall–Kier alpha value is -1.65. The highest BCUT2D eigenvalue weighted by Crippen LogP contribution is 1.97. The van der Waals surface area contributed by atoms with Crippen molar-refractivity contribution in [2.45, 2.75) is 39.2 Å². The highest BCUT2D eigenvalue weighted by Gasteiger charge is 2.09. The zero-order valence-electron chi connectivity index (χ0n) is 10.3. The fraction of sp³-hybridized carbons (Fsp3) is 0.583. The van der Waals surface area contributed by atoms with Gasteiger partial charge in [0, 0.05) is 6.42 Å². The van der Waals surface area contributed by atoms with Crippen LogP contribution in [-0.4, -0.2) is 30.8 Å². The van der Waals surface area contributed by atoms with Crippen LogP contribution in [0.25, 0.3) is 0 Å². The highest BCUT2D eigenvalue weighted by atomic mass is 16.5. The molecule has 0 saturated carbocycles. The lowest BCUT2D eigenvalue weighted by atomic mass is 10.2. The molecule has 0 fully saturated rings. The Morgan fingerprint density at radius 1 is 1.41 bits per heavy atom. The maximum absolute atomic E-state index is 11.2. The second-order valence-electron chi connectivity index (χ2n) is 3.47.